The summed E-state index contributed by atoms with van der Waals surface area (Å²) in [5, 5.41) is 13.6. The first-order valence-electron chi connectivity index (χ1n) is 11.2. The molecule has 1 saturated heterocycles. The first kappa shape index (κ1) is 24.2. The molecule has 2 amide bonds. The van der Waals surface area contributed by atoms with Crippen LogP contribution in [0.4, 0.5) is 17.1 Å². The first-order chi connectivity index (χ1) is 16.8. The fraction of sp³-hybridized carbons (Fsp3) is 0.231. The lowest BCUT2D eigenvalue weighted by molar-refractivity contribution is -0.384. The Morgan fingerprint density at radius 2 is 1.71 bits per heavy atom. The summed E-state index contributed by atoms with van der Waals surface area (Å²) in [4.78, 5) is 39.6. The molecule has 35 heavy (non-hydrogen) atoms. The van der Waals surface area contributed by atoms with Gasteiger partial charge < -0.3 is 15.1 Å². The molecule has 8 nitrogen and oxygen atoms in total. The molecule has 9 heteroatoms. The molecule has 1 aliphatic rings. The standard InChI is InChI=1S/C26H25ClN4O4/c1-18-3-2-4-19(15-18)16-25(32)30-13-11-29(12-14-30)21-7-5-20(6-8-21)28-26(33)23-10-9-22(31(34)35)17-24(23)27/h2-10,15,17H,11-14,16H2,1H3,(H,28,33). The van der Waals surface area contributed by atoms with Gasteiger partial charge in [-0.1, -0.05) is 41.4 Å². The highest BCUT2D eigenvalue weighted by atomic mass is 35.5. The van der Waals surface area contributed by atoms with Crippen molar-refractivity contribution in [1.29, 1.82) is 0 Å². The normalized spacial score (nSPS) is 13.4. The quantitative estimate of drug-likeness (QED) is 0.397. The maximum atomic E-state index is 12.7. The highest BCUT2D eigenvalue weighted by Crippen LogP contribution is 2.25. The lowest BCUT2D eigenvalue weighted by atomic mass is 10.1. The number of nitrogens with zero attached hydrogens (tertiary/aromatic N) is 3. The Morgan fingerprint density at radius 3 is 2.34 bits per heavy atom. The van der Waals surface area contributed by atoms with Gasteiger partial charge in [0, 0.05) is 49.7 Å². The van der Waals surface area contributed by atoms with Crippen LogP contribution in [0.5, 0.6) is 0 Å². The van der Waals surface area contributed by atoms with Gasteiger partial charge in [0.1, 0.15) is 0 Å². The van der Waals surface area contributed by atoms with Gasteiger partial charge in [0.25, 0.3) is 11.6 Å². The predicted molar refractivity (Wildman–Crippen MR) is 136 cm³/mol. The van der Waals surface area contributed by atoms with Crippen LogP contribution in [-0.4, -0.2) is 47.8 Å². The third-order valence-corrected chi connectivity index (χ3v) is 6.28. The van der Waals surface area contributed by atoms with Crippen molar-refractivity contribution in [3.63, 3.8) is 0 Å². The van der Waals surface area contributed by atoms with Gasteiger partial charge in [-0.05, 0) is 42.8 Å². The number of non-ortho nitro benzene ring substituents is 1. The number of benzene rings is 3. The van der Waals surface area contributed by atoms with Gasteiger partial charge in [0.2, 0.25) is 5.91 Å². The summed E-state index contributed by atoms with van der Waals surface area (Å²) in [6, 6.07) is 19.2. The maximum absolute atomic E-state index is 12.7. The molecule has 3 aromatic carbocycles. The van der Waals surface area contributed by atoms with Gasteiger partial charge in [-0.2, -0.15) is 0 Å². The summed E-state index contributed by atoms with van der Waals surface area (Å²) in [7, 11) is 0. The molecule has 0 saturated carbocycles. The van der Waals surface area contributed by atoms with E-state index in [0.29, 0.717) is 25.2 Å². The van der Waals surface area contributed by atoms with Crippen LogP contribution < -0.4 is 10.2 Å². The number of hydrogen-bond acceptors (Lipinski definition) is 5. The van der Waals surface area contributed by atoms with Crippen LogP contribution in [0.3, 0.4) is 0 Å². The Hall–Kier alpha value is -3.91. The molecule has 0 atom stereocenters. The zero-order valence-electron chi connectivity index (χ0n) is 19.2. The Kier molecular flexibility index (Phi) is 7.31. The molecule has 0 radical (unpaired) electrons. The number of nitro benzene ring substituents is 1. The topological polar surface area (TPSA) is 95.8 Å². The number of aryl methyl sites for hydroxylation is 1. The van der Waals surface area contributed by atoms with Gasteiger partial charge in [-0.25, -0.2) is 0 Å². The zero-order valence-corrected chi connectivity index (χ0v) is 20.0. The Balaban J connectivity index is 1.31. The third kappa shape index (κ3) is 5.96. The number of anilines is 2. The summed E-state index contributed by atoms with van der Waals surface area (Å²) in [6.45, 7) is 4.78. The number of nitrogens with one attached hydrogen (secondary N) is 1. The molecule has 3 aromatic rings. The van der Waals surface area contributed by atoms with Gasteiger partial charge >= 0.3 is 0 Å². The molecule has 1 fully saturated rings. The summed E-state index contributed by atoms with van der Waals surface area (Å²) in [6.07, 6.45) is 0.412. The van der Waals surface area contributed by atoms with Crippen LogP contribution in [0, 0.1) is 17.0 Å². The van der Waals surface area contributed by atoms with Crippen LogP contribution in [0.25, 0.3) is 0 Å². The van der Waals surface area contributed by atoms with Crippen molar-refractivity contribution in [2.24, 2.45) is 0 Å². The molecule has 1 aliphatic heterocycles. The number of hydrogen-bond donors (Lipinski definition) is 1. The number of rotatable bonds is 6. The van der Waals surface area contributed by atoms with Crippen LogP contribution >= 0.6 is 11.6 Å². The van der Waals surface area contributed by atoms with E-state index >= 15 is 0 Å². The molecule has 0 bridgehead atoms. The summed E-state index contributed by atoms with van der Waals surface area (Å²) < 4.78 is 0. The summed E-state index contributed by atoms with van der Waals surface area (Å²) in [5.41, 5.74) is 3.75. The second-order valence-corrected chi connectivity index (χ2v) is 8.86. The highest BCUT2D eigenvalue weighted by molar-refractivity contribution is 6.34. The van der Waals surface area contributed by atoms with E-state index in [0.717, 1.165) is 36.0 Å². The lowest BCUT2D eigenvalue weighted by Gasteiger charge is -2.36. The Morgan fingerprint density at radius 1 is 1.00 bits per heavy atom. The van der Waals surface area contributed by atoms with Crippen LogP contribution in [0.15, 0.2) is 66.7 Å². The Bertz CT molecular complexity index is 1250. The molecule has 1 heterocycles. The molecule has 4 rings (SSSR count). The number of halogens is 1. The number of carbonyl (C=O) groups is 2. The number of nitro groups is 1. The highest BCUT2D eigenvalue weighted by Gasteiger charge is 2.22. The minimum Gasteiger partial charge on any atom is -0.368 e. The van der Waals surface area contributed by atoms with Crippen LogP contribution in [0.1, 0.15) is 21.5 Å². The van der Waals surface area contributed by atoms with E-state index in [1.807, 2.05) is 48.2 Å². The van der Waals surface area contributed by atoms with E-state index in [9.17, 15) is 19.7 Å². The zero-order chi connectivity index (χ0) is 24.9. The Labute approximate surface area is 208 Å². The molecule has 0 spiro atoms. The summed E-state index contributed by atoms with van der Waals surface area (Å²) >= 11 is 6.05. The molecule has 0 unspecified atom stereocenters. The number of amides is 2. The molecule has 0 aliphatic carbocycles. The molecular formula is C26H25ClN4O4. The fourth-order valence-corrected chi connectivity index (χ4v) is 4.34. The minimum absolute atomic E-state index is 0.0168. The largest absolute Gasteiger partial charge is 0.368 e. The van der Waals surface area contributed by atoms with E-state index in [4.69, 9.17) is 11.6 Å². The van der Waals surface area contributed by atoms with E-state index in [-0.39, 0.29) is 22.2 Å². The van der Waals surface area contributed by atoms with Crippen molar-refractivity contribution in [1.82, 2.24) is 4.90 Å². The average Bonchev–Trinajstić information content (AvgIpc) is 2.84. The SMILES string of the molecule is Cc1cccc(CC(=O)N2CCN(c3ccc(NC(=O)c4ccc([N+](=O)[O-])cc4Cl)cc3)CC2)c1. The van der Waals surface area contributed by atoms with Crippen LogP contribution in [-0.2, 0) is 11.2 Å². The lowest BCUT2D eigenvalue weighted by Crippen LogP contribution is -2.49. The van der Waals surface area contributed by atoms with Crippen molar-refractivity contribution < 1.29 is 14.5 Å². The predicted octanol–water partition coefficient (Wildman–Crippen LogP) is 4.70. The smallest absolute Gasteiger partial charge is 0.270 e. The van der Waals surface area contributed by atoms with Crippen molar-refractivity contribution >= 4 is 40.5 Å². The van der Waals surface area contributed by atoms with Gasteiger partial charge in [0.15, 0.2) is 0 Å². The van der Waals surface area contributed by atoms with Crippen molar-refractivity contribution in [3.05, 3.63) is 98.6 Å². The van der Waals surface area contributed by atoms with Gasteiger partial charge in [-0.15, -0.1) is 0 Å². The third-order valence-electron chi connectivity index (χ3n) is 5.97. The maximum Gasteiger partial charge on any atom is 0.270 e. The van der Waals surface area contributed by atoms with E-state index < -0.39 is 10.8 Å². The van der Waals surface area contributed by atoms with Gasteiger partial charge in [0.05, 0.1) is 21.9 Å². The van der Waals surface area contributed by atoms with Gasteiger partial charge in [-0.3, -0.25) is 19.7 Å². The van der Waals surface area contributed by atoms with E-state index in [1.54, 1.807) is 12.1 Å². The van der Waals surface area contributed by atoms with Crippen LogP contribution in [0.2, 0.25) is 5.02 Å². The fourth-order valence-electron chi connectivity index (χ4n) is 4.08. The van der Waals surface area contributed by atoms with E-state index in [2.05, 4.69) is 10.2 Å². The number of piperazine rings is 1. The second kappa shape index (κ2) is 10.6. The molecular weight excluding hydrogens is 468 g/mol. The van der Waals surface area contributed by atoms with Crippen molar-refractivity contribution in [3.8, 4) is 0 Å². The monoisotopic (exact) mass is 492 g/mol. The second-order valence-electron chi connectivity index (χ2n) is 8.46. The summed E-state index contributed by atoms with van der Waals surface area (Å²) in [5.74, 6) is -0.309. The number of carbonyl (C=O) groups excluding carboxylic acids is 2. The van der Waals surface area contributed by atoms with E-state index in [1.165, 1.54) is 12.1 Å². The average molecular weight is 493 g/mol. The minimum atomic E-state index is -0.563. The molecule has 0 aromatic heterocycles. The first-order valence-corrected chi connectivity index (χ1v) is 11.6. The molecule has 180 valence electrons. The molecule has 1 N–H and O–H groups in total. The van der Waals surface area contributed by atoms with Crippen molar-refractivity contribution in [2.75, 3.05) is 36.4 Å². The van der Waals surface area contributed by atoms with Crippen molar-refractivity contribution in [2.45, 2.75) is 13.3 Å².